The van der Waals surface area contributed by atoms with E-state index in [1.807, 2.05) is 6.07 Å². The van der Waals surface area contributed by atoms with Crippen LogP contribution in [0.3, 0.4) is 0 Å². The lowest BCUT2D eigenvalue weighted by atomic mass is 10.2. The van der Waals surface area contributed by atoms with E-state index >= 15 is 0 Å². The van der Waals surface area contributed by atoms with Gasteiger partial charge < -0.3 is 0 Å². The molecule has 0 spiro atoms. The summed E-state index contributed by atoms with van der Waals surface area (Å²) in [5.41, 5.74) is 0.757. The van der Waals surface area contributed by atoms with Crippen LogP contribution in [0.4, 0.5) is 4.39 Å². The number of rotatable bonds is 0. The van der Waals surface area contributed by atoms with E-state index in [4.69, 9.17) is 0 Å². The summed E-state index contributed by atoms with van der Waals surface area (Å²) < 4.78 is 13.5. The third kappa shape index (κ3) is 2.32. The van der Waals surface area contributed by atoms with Crippen LogP contribution < -0.4 is 0 Å². The maximum atomic E-state index is 13.0. The monoisotopic (exact) mass is 238 g/mol. The van der Waals surface area contributed by atoms with E-state index in [2.05, 4.69) is 27.8 Å². The predicted octanol–water partition coefficient (Wildman–Crippen LogP) is 3.35. The standard InChI is InChI=1S/C11H8BrF/c12-10-6-5-9(7-11(10)13)4-3-8-1-2-8/h5-8H,1-2H2. The van der Waals surface area contributed by atoms with E-state index in [9.17, 15) is 4.39 Å². The lowest BCUT2D eigenvalue weighted by Gasteiger charge is -1.93. The summed E-state index contributed by atoms with van der Waals surface area (Å²) in [6, 6.07) is 4.97. The molecule has 0 aliphatic heterocycles. The highest BCUT2D eigenvalue weighted by molar-refractivity contribution is 9.10. The summed E-state index contributed by atoms with van der Waals surface area (Å²) in [5, 5.41) is 0. The summed E-state index contributed by atoms with van der Waals surface area (Å²) in [4.78, 5) is 0. The van der Waals surface area contributed by atoms with Crippen molar-refractivity contribution in [1.29, 1.82) is 0 Å². The molecule has 0 N–H and O–H groups in total. The molecule has 1 aromatic rings. The number of hydrogen-bond donors (Lipinski definition) is 0. The van der Waals surface area contributed by atoms with Crippen LogP contribution in [0.5, 0.6) is 0 Å². The van der Waals surface area contributed by atoms with Crippen molar-refractivity contribution in [3.05, 3.63) is 34.1 Å². The Bertz CT molecular complexity index is 383. The van der Waals surface area contributed by atoms with Crippen molar-refractivity contribution in [2.24, 2.45) is 5.92 Å². The van der Waals surface area contributed by atoms with Gasteiger partial charge in [0, 0.05) is 11.5 Å². The van der Waals surface area contributed by atoms with Crippen LogP contribution >= 0.6 is 15.9 Å². The van der Waals surface area contributed by atoms with Gasteiger partial charge in [0.15, 0.2) is 0 Å². The Balaban J connectivity index is 2.22. The average Bonchev–Trinajstić information content (AvgIpc) is 2.91. The number of benzene rings is 1. The first-order valence-corrected chi connectivity index (χ1v) is 5.01. The first-order chi connectivity index (χ1) is 6.25. The van der Waals surface area contributed by atoms with Crippen LogP contribution in [0.25, 0.3) is 0 Å². The fraction of sp³-hybridized carbons (Fsp3) is 0.273. The Morgan fingerprint density at radius 1 is 1.38 bits per heavy atom. The third-order valence-corrected chi connectivity index (χ3v) is 2.56. The topological polar surface area (TPSA) is 0 Å². The van der Waals surface area contributed by atoms with Crippen molar-refractivity contribution < 1.29 is 4.39 Å². The fourth-order valence-electron chi connectivity index (χ4n) is 0.987. The van der Waals surface area contributed by atoms with Gasteiger partial charge in [0.1, 0.15) is 5.82 Å². The van der Waals surface area contributed by atoms with Gasteiger partial charge in [-0.1, -0.05) is 11.8 Å². The minimum Gasteiger partial charge on any atom is -0.206 e. The zero-order valence-electron chi connectivity index (χ0n) is 6.98. The van der Waals surface area contributed by atoms with E-state index in [1.165, 1.54) is 18.9 Å². The van der Waals surface area contributed by atoms with E-state index in [1.54, 1.807) is 6.07 Å². The molecule has 0 aromatic heterocycles. The van der Waals surface area contributed by atoms with Crippen molar-refractivity contribution in [2.45, 2.75) is 12.8 Å². The second-order valence-electron chi connectivity index (χ2n) is 3.17. The quantitative estimate of drug-likeness (QED) is 0.609. The molecule has 0 unspecified atom stereocenters. The van der Waals surface area contributed by atoms with Crippen LogP contribution in [0.1, 0.15) is 18.4 Å². The Labute approximate surface area is 85.3 Å². The molecule has 2 heteroatoms. The summed E-state index contributed by atoms with van der Waals surface area (Å²) in [6.07, 6.45) is 2.40. The molecule has 1 aliphatic carbocycles. The average molecular weight is 239 g/mol. The van der Waals surface area contributed by atoms with Gasteiger partial charge in [-0.15, -0.1) is 0 Å². The maximum absolute atomic E-state index is 13.0. The van der Waals surface area contributed by atoms with Gasteiger partial charge in [-0.25, -0.2) is 4.39 Å². The summed E-state index contributed by atoms with van der Waals surface area (Å²) in [7, 11) is 0. The highest BCUT2D eigenvalue weighted by Gasteiger charge is 2.17. The molecule has 66 valence electrons. The van der Waals surface area contributed by atoms with Gasteiger partial charge in [-0.05, 0) is 47.0 Å². The zero-order valence-corrected chi connectivity index (χ0v) is 8.57. The van der Waals surface area contributed by atoms with Crippen molar-refractivity contribution in [2.75, 3.05) is 0 Å². The van der Waals surface area contributed by atoms with Gasteiger partial charge in [0.25, 0.3) is 0 Å². The molecular weight excluding hydrogens is 231 g/mol. The molecule has 1 aromatic carbocycles. The van der Waals surface area contributed by atoms with Gasteiger partial charge in [-0.2, -0.15) is 0 Å². The Morgan fingerprint density at radius 3 is 2.77 bits per heavy atom. The SMILES string of the molecule is Fc1cc(C#CC2CC2)ccc1Br. The minimum absolute atomic E-state index is 0.248. The molecular formula is C11H8BrF. The molecule has 2 rings (SSSR count). The van der Waals surface area contributed by atoms with Gasteiger partial charge in [0.2, 0.25) is 0 Å². The molecule has 0 saturated heterocycles. The highest BCUT2D eigenvalue weighted by atomic mass is 79.9. The van der Waals surface area contributed by atoms with Crippen molar-refractivity contribution in [3.8, 4) is 11.8 Å². The lowest BCUT2D eigenvalue weighted by Crippen LogP contribution is -1.80. The minimum atomic E-state index is -0.248. The molecule has 1 fully saturated rings. The number of hydrogen-bond acceptors (Lipinski definition) is 0. The van der Waals surface area contributed by atoms with E-state index in [-0.39, 0.29) is 5.82 Å². The number of halogens is 2. The fourth-order valence-corrected chi connectivity index (χ4v) is 1.23. The molecule has 0 amide bonds. The Kier molecular flexibility index (Phi) is 2.37. The van der Waals surface area contributed by atoms with Crippen LogP contribution in [0, 0.1) is 23.6 Å². The van der Waals surface area contributed by atoms with Crippen molar-refractivity contribution in [1.82, 2.24) is 0 Å². The molecule has 0 bridgehead atoms. The summed E-state index contributed by atoms with van der Waals surface area (Å²) >= 11 is 3.10. The molecule has 1 aliphatic rings. The smallest absolute Gasteiger partial charge is 0.138 e. The molecule has 13 heavy (non-hydrogen) atoms. The highest BCUT2D eigenvalue weighted by Crippen LogP contribution is 2.27. The largest absolute Gasteiger partial charge is 0.206 e. The Hall–Kier alpha value is -0.810. The molecule has 0 heterocycles. The summed E-state index contributed by atoms with van der Waals surface area (Å²) in [5.74, 6) is 6.37. The van der Waals surface area contributed by atoms with Crippen LogP contribution in [0.2, 0.25) is 0 Å². The molecule has 0 atom stereocenters. The summed E-state index contributed by atoms with van der Waals surface area (Å²) in [6.45, 7) is 0. The second kappa shape index (κ2) is 3.51. The van der Waals surface area contributed by atoms with Crippen LogP contribution in [0.15, 0.2) is 22.7 Å². The lowest BCUT2D eigenvalue weighted by molar-refractivity contribution is 0.620. The van der Waals surface area contributed by atoms with Crippen molar-refractivity contribution >= 4 is 15.9 Å². The second-order valence-corrected chi connectivity index (χ2v) is 4.03. The molecule has 0 nitrogen and oxygen atoms in total. The molecule has 0 radical (unpaired) electrons. The third-order valence-electron chi connectivity index (χ3n) is 1.92. The normalized spacial score (nSPS) is 14.9. The van der Waals surface area contributed by atoms with E-state index < -0.39 is 0 Å². The predicted molar refractivity (Wildman–Crippen MR) is 53.7 cm³/mol. The van der Waals surface area contributed by atoms with Crippen LogP contribution in [-0.2, 0) is 0 Å². The van der Waals surface area contributed by atoms with Gasteiger partial charge >= 0.3 is 0 Å². The van der Waals surface area contributed by atoms with Gasteiger partial charge in [0.05, 0.1) is 4.47 Å². The zero-order chi connectivity index (χ0) is 9.26. The van der Waals surface area contributed by atoms with Crippen LogP contribution in [-0.4, -0.2) is 0 Å². The molecule has 1 saturated carbocycles. The van der Waals surface area contributed by atoms with E-state index in [0.29, 0.717) is 10.4 Å². The first kappa shape index (κ1) is 8.77. The van der Waals surface area contributed by atoms with E-state index in [0.717, 1.165) is 5.56 Å². The Morgan fingerprint density at radius 2 is 2.15 bits per heavy atom. The first-order valence-electron chi connectivity index (χ1n) is 4.22. The van der Waals surface area contributed by atoms with Gasteiger partial charge in [-0.3, -0.25) is 0 Å². The maximum Gasteiger partial charge on any atom is 0.138 e. The van der Waals surface area contributed by atoms with Crippen molar-refractivity contribution in [3.63, 3.8) is 0 Å².